The molecule has 160 valence electrons. The van der Waals surface area contributed by atoms with Gasteiger partial charge in [-0.2, -0.15) is 0 Å². The van der Waals surface area contributed by atoms with Crippen molar-refractivity contribution in [1.29, 1.82) is 0 Å². The second-order valence-electron chi connectivity index (χ2n) is 9.25. The summed E-state index contributed by atoms with van der Waals surface area (Å²) in [7, 11) is 0. The number of oxime groups is 1. The number of hydrogen-bond donors (Lipinski definition) is 1. The molecule has 4 heterocycles. The molecule has 7 nitrogen and oxygen atoms in total. The normalized spacial score (nSPS) is 25.6. The largest absolute Gasteiger partial charge is 0.382 e. The monoisotopic (exact) mass is 409 g/mol. The predicted molar refractivity (Wildman–Crippen MR) is 115 cm³/mol. The van der Waals surface area contributed by atoms with Crippen LogP contribution in [0.15, 0.2) is 23.7 Å². The second kappa shape index (κ2) is 8.00. The molecule has 1 saturated heterocycles. The second-order valence-corrected chi connectivity index (χ2v) is 9.25. The van der Waals surface area contributed by atoms with E-state index in [9.17, 15) is 4.79 Å². The molecule has 1 spiro atoms. The molecular formula is C23H31N5O2. The lowest BCUT2D eigenvalue weighted by molar-refractivity contribution is -0.146. The van der Waals surface area contributed by atoms with Crippen LogP contribution < -0.4 is 0 Å². The van der Waals surface area contributed by atoms with Crippen molar-refractivity contribution in [3.8, 4) is 0 Å². The van der Waals surface area contributed by atoms with Crippen molar-refractivity contribution in [3.63, 3.8) is 0 Å². The van der Waals surface area contributed by atoms with Crippen molar-refractivity contribution >= 4 is 22.7 Å². The summed E-state index contributed by atoms with van der Waals surface area (Å²) >= 11 is 0. The zero-order chi connectivity index (χ0) is 20.6. The fourth-order valence-electron chi connectivity index (χ4n) is 5.36. The quantitative estimate of drug-likeness (QED) is 0.809. The summed E-state index contributed by atoms with van der Waals surface area (Å²) < 4.78 is 0. The van der Waals surface area contributed by atoms with Crippen molar-refractivity contribution < 1.29 is 9.63 Å². The molecule has 2 aromatic rings. The first-order valence-electron chi connectivity index (χ1n) is 11.5. The van der Waals surface area contributed by atoms with Gasteiger partial charge in [0.05, 0.1) is 11.4 Å². The molecule has 1 N–H and O–H groups in total. The lowest BCUT2D eigenvalue weighted by atomic mass is 9.85. The van der Waals surface area contributed by atoms with Gasteiger partial charge in [0, 0.05) is 30.1 Å². The molecule has 30 heavy (non-hydrogen) atoms. The Labute approximate surface area is 177 Å². The Bertz CT molecular complexity index is 948. The minimum atomic E-state index is -0.414. The van der Waals surface area contributed by atoms with E-state index in [-0.39, 0.29) is 11.4 Å². The van der Waals surface area contributed by atoms with E-state index in [4.69, 9.17) is 4.84 Å². The lowest BCUT2D eigenvalue weighted by Gasteiger charge is -2.38. The van der Waals surface area contributed by atoms with Crippen LogP contribution in [0.2, 0.25) is 0 Å². The maximum atomic E-state index is 13.4. The standard InChI is InChI=1S/C23H31N5O2/c1-2-5-17-13-20(30-27-17)22(29)28-11-4-3-6-16(14-23(28)8-9-23)12-19-18-7-10-24-21(18)26-15-25-19/h7,10,15-16,20H,2-6,8-9,11-14H2,1H3,(H,24,25,26). The van der Waals surface area contributed by atoms with Crippen LogP contribution in [0.4, 0.5) is 0 Å². The van der Waals surface area contributed by atoms with Crippen LogP contribution in [0.5, 0.6) is 0 Å². The number of amides is 1. The van der Waals surface area contributed by atoms with Gasteiger partial charge in [-0.25, -0.2) is 9.97 Å². The molecule has 2 atom stereocenters. The molecular weight excluding hydrogens is 378 g/mol. The fourth-order valence-corrected chi connectivity index (χ4v) is 5.36. The summed E-state index contributed by atoms with van der Waals surface area (Å²) in [5, 5.41) is 5.30. The van der Waals surface area contributed by atoms with Gasteiger partial charge in [0.15, 0.2) is 0 Å². The van der Waals surface area contributed by atoms with Crippen molar-refractivity contribution in [2.24, 2.45) is 11.1 Å². The maximum absolute atomic E-state index is 13.4. The first-order chi connectivity index (χ1) is 14.7. The van der Waals surface area contributed by atoms with Gasteiger partial charge in [-0.15, -0.1) is 0 Å². The van der Waals surface area contributed by atoms with Gasteiger partial charge in [-0.05, 0) is 56.9 Å². The zero-order valence-corrected chi connectivity index (χ0v) is 17.8. The number of aromatic amines is 1. The average molecular weight is 410 g/mol. The number of nitrogens with one attached hydrogen (secondary N) is 1. The number of aromatic nitrogens is 3. The van der Waals surface area contributed by atoms with Crippen LogP contribution >= 0.6 is 0 Å². The Morgan fingerprint density at radius 3 is 3.07 bits per heavy atom. The third-order valence-corrected chi connectivity index (χ3v) is 7.04. The maximum Gasteiger partial charge on any atom is 0.267 e. The van der Waals surface area contributed by atoms with E-state index in [2.05, 4.69) is 38.0 Å². The Morgan fingerprint density at radius 2 is 2.23 bits per heavy atom. The molecule has 0 aromatic carbocycles. The summed E-state index contributed by atoms with van der Waals surface area (Å²) in [6.45, 7) is 2.98. The predicted octanol–water partition coefficient (Wildman–Crippen LogP) is 4.00. The Balaban J connectivity index is 1.30. The number of carbonyl (C=O) groups is 1. The summed E-state index contributed by atoms with van der Waals surface area (Å²) in [5.41, 5.74) is 3.08. The van der Waals surface area contributed by atoms with E-state index in [1.54, 1.807) is 6.33 Å². The van der Waals surface area contributed by atoms with Gasteiger partial charge in [0.25, 0.3) is 5.91 Å². The van der Waals surface area contributed by atoms with E-state index < -0.39 is 6.10 Å². The molecule has 5 rings (SSSR count). The summed E-state index contributed by atoms with van der Waals surface area (Å²) in [6, 6.07) is 2.07. The smallest absolute Gasteiger partial charge is 0.267 e. The lowest BCUT2D eigenvalue weighted by Crippen LogP contribution is -2.49. The van der Waals surface area contributed by atoms with E-state index in [0.717, 1.165) is 80.4 Å². The number of rotatable bonds is 5. The minimum absolute atomic E-state index is 0.0172. The zero-order valence-electron chi connectivity index (χ0n) is 17.8. The van der Waals surface area contributed by atoms with Crippen molar-refractivity contribution in [2.45, 2.75) is 82.8 Å². The molecule has 2 aliphatic heterocycles. The number of likely N-dealkylation sites (tertiary alicyclic amines) is 1. The average Bonchev–Trinajstić information content (AvgIpc) is 3.13. The molecule has 0 bridgehead atoms. The van der Waals surface area contributed by atoms with Gasteiger partial charge in [-0.1, -0.05) is 24.9 Å². The summed E-state index contributed by atoms with van der Waals surface area (Å²) in [4.78, 5) is 33.2. The van der Waals surface area contributed by atoms with Crippen molar-refractivity contribution in [2.75, 3.05) is 6.54 Å². The van der Waals surface area contributed by atoms with Gasteiger partial charge < -0.3 is 14.7 Å². The van der Waals surface area contributed by atoms with Crippen LogP contribution in [0.3, 0.4) is 0 Å². The van der Waals surface area contributed by atoms with Crippen LogP contribution in [0, 0.1) is 5.92 Å². The summed E-state index contributed by atoms with van der Waals surface area (Å²) in [6.07, 6.45) is 13.4. The van der Waals surface area contributed by atoms with E-state index >= 15 is 0 Å². The highest BCUT2D eigenvalue weighted by atomic mass is 16.6. The number of H-pyrrole nitrogens is 1. The van der Waals surface area contributed by atoms with E-state index in [1.165, 1.54) is 6.42 Å². The number of fused-ring (bicyclic) bond motifs is 1. The highest BCUT2D eigenvalue weighted by Gasteiger charge is 2.53. The van der Waals surface area contributed by atoms with Gasteiger partial charge >= 0.3 is 0 Å². The number of nitrogens with zero attached hydrogens (tertiary/aromatic N) is 4. The van der Waals surface area contributed by atoms with Crippen LogP contribution in [0.1, 0.15) is 70.4 Å². The number of carbonyl (C=O) groups excluding carboxylic acids is 1. The van der Waals surface area contributed by atoms with Crippen molar-refractivity contribution in [3.05, 3.63) is 24.3 Å². The highest BCUT2D eigenvalue weighted by molar-refractivity contribution is 5.93. The molecule has 1 amide bonds. The number of hydrogen-bond acceptors (Lipinski definition) is 5. The van der Waals surface area contributed by atoms with Gasteiger partial charge in [0.1, 0.15) is 12.0 Å². The molecule has 2 aromatic heterocycles. The molecule has 1 saturated carbocycles. The van der Waals surface area contributed by atoms with E-state index in [0.29, 0.717) is 12.3 Å². The van der Waals surface area contributed by atoms with Crippen LogP contribution in [-0.2, 0) is 16.1 Å². The van der Waals surface area contributed by atoms with Crippen LogP contribution in [-0.4, -0.2) is 49.7 Å². The topological polar surface area (TPSA) is 83.5 Å². The third-order valence-electron chi connectivity index (χ3n) is 7.04. The molecule has 7 heteroatoms. The molecule has 3 aliphatic rings. The Kier molecular flexibility index (Phi) is 5.21. The third kappa shape index (κ3) is 3.70. The first kappa shape index (κ1) is 19.5. The molecule has 0 radical (unpaired) electrons. The highest BCUT2D eigenvalue weighted by Crippen LogP contribution is 2.49. The molecule has 2 fully saturated rings. The van der Waals surface area contributed by atoms with Gasteiger partial charge in [0.2, 0.25) is 6.10 Å². The SMILES string of the molecule is CCCC1=NOC(C(=O)N2CCCCC(Cc3ncnc4[nH]ccc34)CC23CC3)C1. The Morgan fingerprint density at radius 1 is 1.33 bits per heavy atom. The summed E-state index contributed by atoms with van der Waals surface area (Å²) in [5.74, 6) is 0.686. The Hall–Kier alpha value is -2.44. The van der Waals surface area contributed by atoms with Crippen LogP contribution in [0.25, 0.3) is 11.0 Å². The molecule has 2 unspecified atom stereocenters. The first-order valence-corrected chi connectivity index (χ1v) is 11.5. The minimum Gasteiger partial charge on any atom is -0.382 e. The van der Waals surface area contributed by atoms with Gasteiger partial charge in [-0.3, -0.25) is 4.79 Å². The fraction of sp³-hybridized carbons (Fsp3) is 0.652. The molecule has 1 aliphatic carbocycles. The van der Waals surface area contributed by atoms with E-state index in [1.807, 2.05) is 6.20 Å². The van der Waals surface area contributed by atoms with Crippen molar-refractivity contribution in [1.82, 2.24) is 19.9 Å².